The molecule has 24 heavy (non-hydrogen) atoms. The first-order valence-corrected chi connectivity index (χ1v) is 6.11. The SMILES string of the molecule is N#CCCC(N)C(=O)O.NC(CC(C(F)(F)F)C(F)(F)F)C(=O)O. The fourth-order valence-corrected chi connectivity index (χ4v) is 1.15. The Morgan fingerprint density at radius 2 is 1.33 bits per heavy atom. The Labute approximate surface area is 131 Å². The van der Waals surface area contributed by atoms with Crippen molar-refractivity contribution in [2.24, 2.45) is 17.4 Å². The van der Waals surface area contributed by atoms with E-state index in [0.717, 1.165) is 0 Å². The van der Waals surface area contributed by atoms with Crippen LogP contribution in [0.5, 0.6) is 0 Å². The summed E-state index contributed by atoms with van der Waals surface area (Å²) in [5.74, 6) is -6.67. The summed E-state index contributed by atoms with van der Waals surface area (Å²) in [5, 5.41) is 24.3. The largest absolute Gasteiger partial charge is 0.480 e. The standard InChI is InChI=1S/C6H7F6NO2.C5H8N2O2/c7-5(8,9)3(6(10,11)12)1-2(13)4(14)15;6-3-1-2-4(7)5(8)9/h2-3H,1,13H2,(H,14,15);4H,1-2,7H2,(H,8,9). The first-order chi connectivity index (χ1) is 10.6. The highest BCUT2D eigenvalue weighted by Crippen LogP contribution is 2.41. The predicted molar refractivity (Wildman–Crippen MR) is 66.3 cm³/mol. The molecule has 0 heterocycles. The number of halogens is 6. The minimum Gasteiger partial charge on any atom is -0.480 e. The second-order valence-corrected chi connectivity index (χ2v) is 4.46. The second-order valence-electron chi connectivity index (χ2n) is 4.46. The number of nitrogens with two attached hydrogens (primary N) is 2. The molecule has 0 aromatic rings. The van der Waals surface area contributed by atoms with Crippen molar-refractivity contribution in [2.45, 2.75) is 43.7 Å². The Bertz CT molecular complexity index is 446. The van der Waals surface area contributed by atoms with Gasteiger partial charge in [-0.2, -0.15) is 31.6 Å². The molecule has 0 aromatic carbocycles. The van der Waals surface area contributed by atoms with Crippen LogP contribution in [0.25, 0.3) is 0 Å². The van der Waals surface area contributed by atoms with E-state index in [0.29, 0.717) is 0 Å². The van der Waals surface area contributed by atoms with Crippen molar-refractivity contribution in [1.29, 1.82) is 5.26 Å². The van der Waals surface area contributed by atoms with Gasteiger partial charge in [0.1, 0.15) is 12.1 Å². The lowest BCUT2D eigenvalue weighted by Crippen LogP contribution is -2.43. The lowest BCUT2D eigenvalue weighted by atomic mass is 9.99. The topological polar surface area (TPSA) is 150 Å². The van der Waals surface area contributed by atoms with E-state index in [2.05, 4.69) is 5.73 Å². The smallest absolute Gasteiger partial charge is 0.400 e. The third kappa shape index (κ3) is 10.6. The van der Waals surface area contributed by atoms with Crippen LogP contribution in [0.2, 0.25) is 0 Å². The van der Waals surface area contributed by atoms with Gasteiger partial charge in [-0.05, 0) is 12.8 Å². The molecular formula is C11H15F6N3O4. The van der Waals surface area contributed by atoms with Gasteiger partial charge in [0.25, 0.3) is 0 Å². The highest BCUT2D eigenvalue weighted by Gasteiger charge is 2.57. The summed E-state index contributed by atoms with van der Waals surface area (Å²) in [6.07, 6.45) is -12.4. The van der Waals surface area contributed by atoms with Gasteiger partial charge in [0.15, 0.2) is 5.92 Å². The average Bonchev–Trinajstić information content (AvgIpc) is 2.39. The van der Waals surface area contributed by atoms with E-state index in [1.807, 2.05) is 6.07 Å². The highest BCUT2D eigenvalue weighted by atomic mass is 19.4. The number of carboxylic acids is 2. The quantitative estimate of drug-likeness (QED) is 0.516. The van der Waals surface area contributed by atoms with Crippen LogP contribution < -0.4 is 11.5 Å². The van der Waals surface area contributed by atoms with E-state index in [9.17, 15) is 35.9 Å². The van der Waals surface area contributed by atoms with Crippen LogP contribution >= 0.6 is 0 Å². The van der Waals surface area contributed by atoms with E-state index < -0.39 is 48.7 Å². The van der Waals surface area contributed by atoms with Crippen molar-refractivity contribution in [3.8, 4) is 6.07 Å². The Hall–Kier alpha value is -2.07. The molecule has 7 nitrogen and oxygen atoms in total. The van der Waals surface area contributed by atoms with Gasteiger partial charge in [-0.25, -0.2) is 0 Å². The molecule has 0 rings (SSSR count). The molecule has 140 valence electrons. The van der Waals surface area contributed by atoms with Crippen LogP contribution in [-0.4, -0.2) is 46.6 Å². The number of nitrogens with zero attached hydrogens (tertiary/aromatic N) is 1. The molecule has 0 radical (unpaired) electrons. The summed E-state index contributed by atoms with van der Waals surface area (Å²) in [5.41, 5.74) is 9.66. The van der Waals surface area contributed by atoms with Gasteiger partial charge in [0.05, 0.1) is 6.07 Å². The summed E-state index contributed by atoms with van der Waals surface area (Å²) < 4.78 is 71.2. The molecule has 0 aliphatic heterocycles. The highest BCUT2D eigenvalue weighted by molar-refractivity contribution is 5.73. The van der Waals surface area contributed by atoms with E-state index >= 15 is 0 Å². The van der Waals surface area contributed by atoms with Gasteiger partial charge in [-0.3, -0.25) is 9.59 Å². The number of alkyl halides is 6. The van der Waals surface area contributed by atoms with Crippen molar-refractivity contribution in [3.05, 3.63) is 0 Å². The first kappa shape index (κ1) is 24.2. The van der Waals surface area contributed by atoms with Gasteiger partial charge < -0.3 is 21.7 Å². The van der Waals surface area contributed by atoms with Crippen LogP contribution in [0.3, 0.4) is 0 Å². The van der Waals surface area contributed by atoms with E-state index in [4.69, 9.17) is 21.2 Å². The summed E-state index contributed by atoms with van der Waals surface area (Å²) in [4.78, 5) is 20.0. The maximum absolute atomic E-state index is 11.9. The van der Waals surface area contributed by atoms with Crippen molar-refractivity contribution < 1.29 is 46.1 Å². The number of hydrogen-bond acceptors (Lipinski definition) is 5. The molecule has 0 aliphatic carbocycles. The molecule has 0 amide bonds. The molecule has 13 heteroatoms. The third-order valence-electron chi connectivity index (χ3n) is 2.48. The van der Waals surface area contributed by atoms with Gasteiger partial charge >= 0.3 is 24.3 Å². The lowest BCUT2D eigenvalue weighted by Gasteiger charge is -2.24. The summed E-state index contributed by atoms with van der Waals surface area (Å²) in [6.45, 7) is 0. The lowest BCUT2D eigenvalue weighted by molar-refractivity contribution is -0.286. The van der Waals surface area contributed by atoms with Crippen LogP contribution in [-0.2, 0) is 9.59 Å². The number of rotatable bonds is 6. The Morgan fingerprint density at radius 1 is 0.958 bits per heavy atom. The fraction of sp³-hybridized carbons (Fsp3) is 0.727. The Morgan fingerprint density at radius 3 is 1.58 bits per heavy atom. The van der Waals surface area contributed by atoms with Crippen molar-refractivity contribution in [2.75, 3.05) is 0 Å². The minimum atomic E-state index is -5.55. The van der Waals surface area contributed by atoms with Crippen LogP contribution in [0.1, 0.15) is 19.3 Å². The zero-order valence-corrected chi connectivity index (χ0v) is 11.9. The molecular weight excluding hydrogens is 352 g/mol. The normalized spacial score (nSPS) is 14.2. The fourth-order valence-electron chi connectivity index (χ4n) is 1.15. The third-order valence-corrected chi connectivity index (χ3v) is 2.48. The van der Waals surface area contributed by atoms with E-state index in [1.165, 1.54) is 0 Å². The summed E-state index contributed by atoms with van der Waals surface area (Å²) in [6, 6.07) is -1.27. The molecule has 0 aliphatic rings. The van der Waals surface area contributed by atoms with E-state index in [1.54, 1.807) is 0 Å². The molecule has 0 bridgehead atoms. The first-order valence-electron chi connectivity index (χ1n) is 6.11. The zero-order chi connectivity index (χ0) is 19.7. The maximum Gasteiger partial charge on any atom is 0.400 e. The van der Waals surface area contributed by atoms with Crippen LogP contribution in [0, 0.1) is 17.2 Å². The van der Waals surface area contributed by atoms with Gasteiger partial charge in [0, 0.05) is 6.42 Å². The molecule has 0 saturated carbocycles. The van der Waals surface area contributed by atoms with Crippen LogP contribution in [0.4, 0.5) is 26.3 Å². The Balaban J connectivity index is 0. The van der Waals surface area contributed by atoms with Gasteiger partial charge in [0.2, 0.25) is 0 Å². The predicted octanol–water partition coefficient (Wildman–Crippen LogP) is 1.23. The maximum atomic E-state index is 11.9. The van der Waals surface area contributed by atoms with Gasteiger partial charge in [-0.1, -0.05) is 0 Å². The number of hydrogen-bond donors (Lipinski definition) is 4. The number of nitriles is 1. The van der Waals surface area contributed by atoms with Crippen molar-refractivity contribution in [1.82, 2.24) is 0 Å². The molecule has 0 fully saturated rings. The monoisotopic (exact) mass is 367 g/mol. The number of carboxylic acid groups (broad SMARTS) is 2. The average molecular weight is 367 g/mol. The minimum absolute atomic E-state index is 0.202. The number of aliphatic carboxylic acids is 2. The molecule has 2 atom stereocenters. The summed E-state index contributed by atoms with van der Waals surface area (Å²) >= 11 is 0. The van der Waals surface area contributed by atoms with Gasteiger partial charge in [-0.15, -0.1) is 0 Å². The summed E-state index contributed by atoms with van der Waals surface area (Å²) in [7, 11) is 0. The molecule has 0 aromatic heterocycles. The van der Waals surface area contributed by atoms with Crippen molar-refractivity contribution in [3.63, 3.8) is 0 Å². The number of carbonyl (C=O) groups is 2. The Kier molecular flexibility index (Phi) is 10.0. The van der Waals surface area contributed by atoms with Crippen molar-refractivity contribution >= 4 is 11.9 Å². The zero-order valence-electron chi connectivity index (χ0n) is 11.9. The molecule has 0 saturated heterocycles. The van der Waals surface area contributed by atoms with Crippen LogP contribution in [0.15, 0.2) is 0 Å². The molecule has 2 unspecified atom stereocenters. The second kappa shape index (κ2) is 9.93. The van der Waals surface area contributed by atoms with E-state index in [-0.39, 0.29) is 12.8 Å². The molecule has 0 spiro atoms. The molecule has 6 N–H and O–H groups in total.